The molecule has 0 radical (unpaired) electrons. The van der Waals surface area contributed by atoms with Crippen molar-refractivity contribution in [1.82, 2.24) is 0 Å². The number of hydrogen-bond donors (Lipinski definition) is 0. The number of thiocarbonyl (C=S) groups is 1. The van der Waals surface area contributed by atoms with Crippen LogP contribution in [0.5, 0.6) is 0 Å². The number of hydrogen-bond acceptors (Lipinski definition) is 4. The van der Waals surface area contributed by atoms with Crippen LogP contribution in [-0.4, -0.2) is 17.7 Å². The lowest BCUT2D eigenvalue weighted by Crippen LogP contribution is -2.01. The third-order valence-corrected chi connectivity index (χ3v) is 2.41. The van der Waals surface area contributed by atoms with E-state index in [0.29, 0.717) is 10.3 Å². The minimum atomic E-state index is 0.486. The average Bonchev–Trinajstić information content (AvgIpc) is 2.12. The Morgan fingerprint density at radius 1 is 1.50 bits per heavy atom. The first-order valence-electron chi connectivity index (χ1n) is 3.65. The minimum absolute atomic E-state index is 0.486. The van der Waals surface area contributed by atoms with Crippen molar-refractivity contribution in [3.8, 4) is 0 Å². The third kappa shape index (κ3) is 3.97. The van der Waals surface area contributed by atoms with Crippen LogP contribution in [0.4, 0.5) is 0 Å². The lowest BCUT2D eigenvalue weighted by molar-refractivity contribution is 0.144. The van der Waals surface area contributed by atoms with Gasteiger partial charge < -0.3 is 9.47 Å². The number of ether oxygens (including phenoxy) is 2. The highest BCUT2D eigenvalue weighted by Gasteiger charge is 2.05. The molecule has 0 aliphatic heterocycles. The first kappa shape index (κ1) is 11.8. The Labute approximate surface area is 83.3 Å². The standard InChI is InChI=1S/C8H14O2S2/c1-5-6(2)7(9-3)10-8(11)12-4/h5H2,1-4H3/b7-6+. The predicted molar refractivity (Wildman–Crippen MR) is 57.2 cm³/mol. The molecule has 0 unspecified atom stereocenters. The van der Waals surface area contributed by atoms with Gasteiger partial charge in [0, 0.05) is 5.57 Å². The summed E-state index contributed by atoms with van der Waals surface area (Å²) in [4.78, 5) is 0. The summed E-state index contributed by atoms with van der Waals surface area (Å²) in [6.45, 7) is 4.00. The zero-order valence-electron chi connectivity index (χ0n) is 7.84. The first-order valence-corrected chi connectivity index (χ1v) is 5.28. The van der Waals surface area contributed by atoms with Crippen molar-refractivity contribution in [1.29, 1.82) is 0 Å². The average molecular weight is 206 g/mol. The van der Waals surface area contributed by atoms with Gasteiger partial charge in [0.05, 0.1) is 7.11 Å². The van der Waals surface area contributed by atoms with Gasteiger partial charge in [-0.1, -0.05) is 18.7 Å². The van der Waals surface area contributed by atoms with E-state index in [1.807, 2.05) is 20.1 Å². The molecule has 0 saturated carbocycles. The molecular formula is C8H14O2S2. The van der Waals surface area contributed by atoms with Gasteiger partial charge in [-0.05, 0) is 31.8 Å². The smallest absolute Gasteiger partial charge is 0.284 e. The van der Waals surface area contributed by atoms with Gasteiger partial charge in [0.1, 0.15) is 0 Å². The van der Waals surface area contributed by atoms with Crippen LogP contribution in [-0.2, 0) is 9.47 Å². The normalized spacial score (nSPS) is 12.0. The molecule has 0 aliphatic rings. The summed E-state index contributed by atoms with van der Waals surface area (Å²) in [5.74, 6) is 0.525. The van der Waals surface area contributed by atoms with E-state index < -0.39 is 0 Å². The van der Waals surface area contributed by atoms with E-state index in [1.165, 1.54) is 11.8 Å². The Balaban J connectivity index is 4.26. The molecule has 0 aromatic heterocycles. The van der Waals surface area contributed by atoms with E-state index >= 15 is 0 Å². The Hall–Kier alpha value is -0.220. The number of allylic oxidation sites excluding steroid dienone is 1. The highest BCUT2D eigenvalue weighted by molar-refractivity contribution is 8.22. The summed E-state index contributed by atoms with van der Waals surface area (Å²) in [5, 5.41) is 0. The summed E-state index contributed by atoms with van der Waals surface area (Å²) in [5.41, 5.74) is 1.06. The van der Waals surface area contributed by atoms with E-state index in [1.54, 1.807) is 7.11 Å². The molecule has 0 aromatic carbocycles. The number of methoxy groups -OCH3 is 1. The highest BCUT2D eigenvalue weighted by Crippen LogP contribution is 2.13. The molecule has 0 amide bonds. The second-order valence-electron chi connectivity index (χ2n) is 2.18. The first-order chi connectivity index (χ1) is 5.65. The monoisotopic (exact) mass is 206 g/mol. The minimum Gasteiger partial charge on any atom is -0.468 e. The van der Waals surface area contributed by atoms with E-state index in [9.17, 15) is 0 Å². The Morgan fingerprint density at radius 3 is 2.42 bits per heavy atom. The van der Waals surface area contributed by atoms with Crippen LogP contribution in [0.25, 0.3) is 0 Å². The van der Waals surface area contributed by atoms with E-state index in [2.05, 4.69) is 0 Å². The van der Waals surface area contributed by atoms with Gasteiger partial charge in [-0.25, -0.2) is 0 Å². The molecule has 0 saturated heterocycles. The number of rotatable bonds is 3. The molecule has 0 rings (SSSR count). The third-order valence-electron chi connectivity index (χ3n) is 1.41. The van der Waals surface area contributed by atoms with Gasteiger partial charge in [-0.3, -0.25) is 0 Å². The van der Waals surface area contributed by atoms with Crippen LogP contribution in [0, 0.1) is 0 Å². The SMILES string of the molecule is CC/C(C)=C(\OC)OC(=S)SC. The van der Waals surface area contributed by atoms with Crippen molar-refractivity contribution in [2.45, 2.75) is 20.3 Å². The van der Waals surface area contributed by atoms with Crippen LogP contribution in [0.1, 0.15) is 20.3 Å². The molecule has 0 fully saturated rings. The number of thioether (sulfide) groups is 1. The molecule has 70 valence electrons. The topological polar surface area (TPSA) is 18.5 Å². The van der Waals surface area contributed by atoms with E-state index in [0.717, 1.165) is 12.0 Å². The largest absolute Gasteiger partial charge is 0.468 e. The summed E-state index contributed by atoms with van der Waals surface area (Å²) in [7, 11) is 1.58. The summed E-state index contributed by atoms with van der Waals surface area (Å²) in [6.07, 6.45) is 2.77. The predicted octanol–water partition coefficient (Wildman–Crippen LogP) is 2.94. The van der Waals surface area contributed by atoms with Gasteiger partial charge in [0.15, 0.2) is 0 Å². The van der Waals surface area contributed by atoms with Crippen molar-refractivity contribution in [3.63, 3.8) is 0 Å². The lowest BCUT2D eigenvalue weighted by atomic mass is 10.2. The zero-order chi connectivity index (χ0) is 9.56. The van der Waals surface area contributed by atoms with Crippen LogP contribution in [0.15, 0.2) is 11.5 Å². The summed E-state index contributed by atoms with van der Waals surface area (Å²) < 4.78 is 10.8. The summed E-state index contributed by atoms with van der Waals surface area (Å²) >= 11 is 6.28. The van der Waals surface area contributed by atoms with Gasteiger partial charge >= 0.3 is 0 Å². The Bertz CT molecular complexity index is 187. The van der Waals surface area contributed by atoms with Crippen molar-refractivity contribution >= 4 is 28.4 Å². The zero-order valence-corrected chi connectivity index (χ0v) is 9.47. The molecule has 0 aromatic rings. The van der Waals surface area contributed by atoms with Crippen molar-refractivity contribution in [2.24, 2.45) is 0 Å². The maximum atomic E-state index is 5.25. The molecule has 0 spiro atoms. The van der Waals surface area contributed by atoms with Crippen LogP contribution in [0.2, 0.25) is 0 Å². The van der Waals surface area contributed by atoms with Crippen molar-refractivity contribution < 1.29 is 9.47 Å². The van der Waals surface area contributed by atoms with Gasteiger partial charge in [0.25, 0.3) is 5.95 Å². The molecular weight excluding hydrogens is 192 g/mol. The van der Waals surface area contributed by atoms with Crippen LogP contribution in [0.3, 0.4) is 0 Å². The second-order valence-corrected chi connectivity index (χ2v) is 3.59. The van der Waals surface area contributed by atoms with Crippen molar-refractivity contribution in [2.75, 3.05) is 13.4 Å². The maximum Gasteiger partial charge on any atom is 0.284 e. The fourth-order valence-electron chi connectivity index (χ4n) is 0.565. The molecule has 12 heavy (non-hydrogen) atoms. The van der Waals surface area contributed by atoms with Gasteiger partial charge in [0.2, 0.25) is 4.38 Å². The van der Waals surface area contributed by atoms with Crippen LogP contribution < -0.4 is 0 Å². The van der Waals surface area contributed by atoms with Gasteiger partial charge in [-0.15, -0.1) is 0 Å². The Kier molecular flexibility index (Phi) is 6.20. The van der Waals surface area contributed by atoms with Crippen molar-refractivity contribution in [3.05, 3.63) is 11.5 Å². The molecule has 4 heteroatoms. The highest BCUT2D eigenvalue weighted by atomic mass is 32.2. The molecule has 0 atom stereocenters. The molecule has 0 heterocycles. The maximum absolute atomic E-state index is 5.25. The molecule has 2 nitrogen and oxygen atoms in total. The fraction of sp³-hybridized carbons (Fsp3) is 0.625. The summed E-state index contributed by atoms with van der Waals surface area (Å²) in [6, 6.07) is 0. The fourth-order valence-corrected chi connectivity index (χ4v) is 0.799. The lowest BCUT2D eigenvalue weighted by Gasteiger charge is -2.09. The molecule has 0 N–H and O–H groups in total. The van der Waals surface area contributed by atoms with E-state index in [4.69, 9.17) is 21.7 Å². The quantitative estimate of drug-likeness (QED) is 0.522. The molecule has 0 bridgehead atoms. The van der Waals surface area contributed by atoms with Gasteiger partial charge in [-0.2, -0.15) is 0 Å². The Morgan fingerprint density at radius 2 is 2.08 bits per heavy atom. The van der Waals surface area contributed by atoms with E-state index in [-0.39, 0.29) is 0 Å². The van der Waals surface area contributed by atoms with Crippen LogP contribution >= 0.6 is 24.0 Å². The second kappa shape index (κ2) is 6.31. The molecule has 0 aliphatic carbocycles.